The summed E-state index contributed by atoms with van der Waals surface area (Å²) in [6.45, 7) is 7.35. The van der Waals surface area contributed by atoms with Crippen LogP contribution in [-0.4, -0.2) is 35.8 Å². The highest BCUT2D eigenvalue weighted by molar-refractivity contribution is 6.30. The molecule has 2 aliphatic rings. The molecule has 3 rings (SSSR count). The van der Waals surface area contributed by atoms with Gasteiger partial charge in [-0.1, -0.05) is 43.5 Å². The number of hydrogen-bond acceptors (Lipinski definition) is 2. The fraction of sp³-hybridized carbons (Fsp3) is 0.545. The minimum absolute atomic E-state index is 0.0175. The molecule has 1 aliphatic carbocycles. The Hall–Kier alpha value is -1.81. The molecule has 1 N–H and O–H groups in total. The van der Waals surface area contributed by atoms with Crippen LogP contribution in [0.4, 0.5) is 0 Å². The summed E-state index contributed by atoms with van der Waals surface area (Å²) in [6.07, 6.45) is 7.08. The summed E-state index contributed by atoms with van der Waals surface area (Å²) in [4.78, 5) is 27.1. The fourth-order valence-corrected chi connectivity index (χ4v) is 4.44. The highest BCUT2D eigenvalue weighted by Crippen LogP contribution is 2.29. The van der Waals surface area contributed by atoms with Gasteiger partial charge in [0.1, 0.15) is 5.92 Å². The first-order valence-corrected chi connectivity index (χ1v) is 10.4. The summed E-state index contributed by atoms with van der Waals surface area (Å²) >= 11 is 6.07. The maximum atomic E-state index is 12.7. The number of carbonyl (C=O) groups excluding carboxylic acids is 2. The number of benzene rings is 1. The summed E-state index contributed by atoms with van der Waals surface area (Å²) in [5.41, 5.74) is 3.08. The minimum atomic E-state index is -0.520. The zero-order chi connectivity index (χ0) is 19.4. The number of carbonyl (C=O) groups is 2. The monoisotopic (exact) mass is 388 g/mol. The average Bonchev–Trinajstić information content (AvgIpc) is 3.05. The quantitative estimate of drug-likeness (QED) is 0.736. The lowest BCUT2D eigenvalue weighted by Crippen LogP contribution is -2.42. The predicted molar refractivity (Wildman–Crippen MR) is 110 cm³/mol. The molecule has 1 aliphatic heterocycles. The van der Waals surface area contributed by atoms with Gasteiger partial charge >= 0.3 is 0 Å². The third-order valence-electron chi connectivity index (χ3n) is 5.88. The van der Waals surface area contributed by atoms with Crippen molar-refractivity contribution in [3.63, 3.8) is 0 Å². The van der Waals surface area contributed by atoms with Gasteiger partial charge in [0, 0.05) is 24.2 Å². The first-order chi connectivity index (χ1) is 13.0. The molecule has 1 atom stereocenters. The van der Waals surface area contributed by atoms with E-state index >= 15 is 0 Å². The van der Waals surface area contributed by atoms with Crippen LogP contribution < -0.4 is 5.32 Å². The second-order valence-electron chi connectivity index (χ2n) is 7.77. The average molecular weight is 389 g/mol. The lowest BCUT2D eigenvalue weighted by Gasteiger charge is -2.31. The van der Waals surface area contributed by atoms with Crippen molar-refractivity contribution in [2.24, 2.45) is 5.92 Å². The number of rotatable bonds is 6. The Morgan fingerprint density at radius 1 is 1.26 bits per heavy atom. The van der Waals surface area contributed by atoms with Crippen LogP contribution in [-0.2, 0) is 9.59 Å². The van der Waals surface area contributed by atoms with E-state index in [1.54, 1.807) is 0 Å². The molecule has 0 spiro atoms. The van der Waals surface area contributed by atoms with Gasteiger partial charge in [-0.2, -0.15) is 0 Å². The Bertz CT molecular complexity index is 725. The number of amides is 2. The fourth-order valence-electron chi connectivity index (χ4n) is 4.27. The summed E-state index contributed by atoms with van der Waals surface area (Å²) in [6, 6.07) is 6.08. The third kappa shape index (κ3) is 4.73. The topological polar surface area (TPSA) is 49.4 Å². The van der Waals surface area contributed by atoms with Gasteiger partial charge in [-0.05, 0) is 61.4 Å². The number of hydrogen-bond donors (Lipinski definition) is 1. The van der Waals surface area contributed by atoms with Gasteiger partial charge in [0.15, 0.2) is 0 Å². The highest BCUT2D eigenvalue weighted by atomic mass is 35.5. The summed E-state index contributed by atoms with van der Waals surface area (Å²) in [5, 5.41) is 3.61. The Kier molecular flexibility index (Phi) is 6.59. The van der Waals surface area contributed by atoms with Crippen LogP contribution in [0.25, 0.3) is 5.57 Å². The van der Waals surface area contributed by atoms with E-state index in [0.29, 0.717) is 30.5 Å². The summed E-state index contributed by atoms with van der Waals surface area (Å²) in [5.74, 6) is -0.647. The van der Waals surface area contributed by atoms with Crippen LogP contribution in [0.3, 0.4) is 0 Å². The van der Waals surface area contributed by atoms with Crippen molar-refractivity contribution in [3.05, 3.63) is 40.9 Å². The lowest BCUT2D eigenvalue weighted by molar-refractivity contribution is -0.139. The van der Waals surface area contributed by atoms with Crippen LogP contribution in [0.15, 0.2) is 24.8 Å². The number of likely N-dealkylation sites (tertiary alicyclic amines) is 1. The van der Waals surface area contributed by atoms with Gasteiger partial charge in [0.2, 0.25) is 11.8 Å². The van der Waals surface area contributed by atoms with Gasteiger partial charge in [-0.25, -0.2) is 0 Å². The second kappa shape index (κ2) is 8.92. The SMILES string of the molecule is C=C(CCNC(=O)C1CCN(C2CCCCC2)C1=O)c1cc(Cl)ccc1C. The number of aryl methyl sites for hydroxylation is 1. The normalized spacial score (nSPS) is 20.7. The van der Waals surface area contributed by atoms with Crippen LogP contribution in [0.5, 0.6) is 0 Å². The van der Waals surface area contributed by atoms with E-state index in [9.17, 15) is 9.59 Å². The first-order valence-electron chi connectivity index (χ1n) is 10.00. The molecule has 27 heavy (non-hydrogen) atoms. The smallest absolute Gasteiger partial charge is 0.235 e. The maximum Gasteiger partial charge on any atom is 0.235 e. The van der Waals surface area contributed by atoms with E-state index < -0.39 is 5.92 Å². The van der Waals surface area contributed by atoms with E-state index in [2.05, 4.69) is 11.9 Å². The van der Waals surface area contributed by atoms with Gasteiger partial charge in [-0.15, -0.1) is 0 Å². The van der Waals surface area contributed by atoms with Crippen molar-refractivity contribution in [3.8, 4) is 0 Å². The molecule has 1 unspecified atom stereocenters. The molecule has 2 amide bonds. The van der Waals surface area contributed by atoms with Crippen LogP contribution in [0.2, 0.25) is 5.02 Å². The summed E-state index contributed by atoms with van der Waals surface area (Å²) in [7, 11) is 0. The molecule has 146 valence electrons. The standard InChI is InChI=1S/C22H29ClN2O2/c1-15-8-9-17(23)14-20(15)16(2)10-12-24-21(26)19-11-13-25(22(19)27)18-6-4-3-5-7-18/h8-9,14,18-19H,2-7,10-13H2,1H3,(H,24,26). The zero-order valence-corrected chi connectivity index (χ0v) is 16.9. The van der Waals surface area contributed by atoms with E-state index in [4.69, 9.17) is 11.6 Å². The van der Waals surface area contributed by atoms with Gasteiger partial charge in [0.05, 0.1) is 0 Å². The molecule has 4 nitrogen and oxygen atoms in total. The van der Waals surface area contributed by atoms with E-state index in [1.807, 2.05) is 30.0 Å². The minimum Gasteiger partial charge on any atom is -0.355 e. The van der Waals surface area contributed by atoms with E-state index in [1.165, 1.54) is 19.3 Å². The Morgan fingerprint density at radius 2 is 2.00 bits per heavy atom. The molecule has 5 heteroatoms. The Labute approximate surface area is 167 Å². The number of halogens is 1. The van der Waals surface area contributed by atoms with Crippen LogP contribution in [0, 0.1) is 12.8 Å². The Morgan fingerprint density at radius 3 is 2.74 bits per heavy atom. The zero-order valence-electron chi connectivity index (χ0n) is 16.1. The largest absolute Gasteiger partial charge is 0.355 e. The highest BCUT2D eigenvalue weighted by Gasteiger charge is 2.39. The van der Waals surface area contributed by atoms with Gasteiger partial charge in [0.25, 0.3) is 0 Å². The molecule has 1 saturated carbocycles. The van der Waals surface area contributed by atoms with Gasteiger partial charge in [-0.3, -0.25) is 9.59 Å². The molecule has 0 bridgehead atoms. The number of nitrogens with one attached hydrogen (secondary N) is 1. The lowest BCUT2D eigenvalue weighted by atomic mass is 9.94. The number of nitrogens with zero attached hydrogens (tertiary/aromatic N) is 1. The van der Waals surface area contributed by atoms with Crippen molar-refractivity contribution < 1.29 is 9.59 Å². The van der Waals surface area contributed by atoms with Crippen molar-refractivity contribution in [2.45, 2.75) is 57.9 Å². The van der Waals surface area contributed by atoms with Crippen LogP contribution >= 0.6 is 11.6 Å². The second-order valence-corrected chi connectivity index (χ2v) is 8.20. The predicted octanol–water partition coefficient (Wildman–Crippen LogP) is 4.35. The molecule has 0 aromatic heterocycles. The molecular weight excluding hydrogens is 360 g/mol. The van der Waals surface area contributed by atoms with Crippen LogP contribution in [0.1, 0.15) is 56.1 Å². The molecule has 2 fully saturated rings. The molecular formula is C22H29ClN2O2. The van der Waals surface area contributed by atoms with Gasteiger partial charge < -0.3 is 10.2 Å². The van der Waals surface area contributed by atoms with Crippen molar-refractivity contribution in [1.82, 2.24) is 10.2 Å². The van der Waals surface area contributed by atoms with E-state index in [0.717, 1.165) is 36.1 Å². The first kappa shape index (κ1) is 19.9. The van der Waals surface area contributed by atoms with E-state index in [-0.39, 0.29) is 11.8 Å². The van der Waals surface area contributed by atoms with Crippen molar-refractivity contribution >= 4 is 29.0 Å². The third-order valence-corrected chi connectivity index (χ3v) is 6.11. The molecule has 1 saturated heterocycles. The molecule has 1 aromatic rings. The summed E-state index contributed by atoms with van der Waals surface area (Å²) < 4.78 is 0. The van der Waals surface area contributed by atoms with Crippen molar-refractivity contribution in [1.29, 1.82) is 0 Å². The molecule has 0 radical (unpaired) electrons. The van der Waals surface area contributed by atoms with Crippen molar-refractivity contribution in [2.75, 3.05) is 13.1 Å². The molecule has 1 aromatic carbocycles. The molecule has 1 heterocycles. The Balaban J connectivity index is 1.48. The maximum absolute atomic E-state index is 12.7.